The van der Waals surface area contributed by atoms with Crippen molar-refractivity contribution in [3.8, 4) is 0 Å². The van der Waals surface area contributed by atoms with E-state index in [1.807, 2.05) is 13.8 Å². The number of carboxylic acid groups (broad SMARTS) is 1. The van der Waals surface area contributed by atoms with Crippen LogP contribution in [0.4, 0.5) is 0 Å². The van der Waals surface area contributed by atoms with Gasteiger partial charge in [-0.15, -0.1) is 0 Å². The topological polar surface area (TPSA) is 95.9 Å². The van der Waals surface area contributed by atoms with E-state index >= 15 is 0 Å². The number of hydrogen-bond donors (Lipinski definition) is 3. The average Bonchev–Trinajstić information content (AvgIpc) is 2.14. The standard InChI is InChI=1S/C9H17NO5/c1-6(2)15-5-8(12)10-4-3-7(11)9(13)14/h6-7,11H,3-5H2,1-2H3,(H,10,12)(H,13,14)/t7-/m0/s1. The Morgan fingerprint density at radius 1 is 1.40 bits per heavy atom. The first kappa shape index (κ1) is 13.9. The third kappa shape index (κ3) is 7.90. The number of carboxylic acids is 1. The van der Waals surface area contributed by atoms with Gasteiger partial charge < -0.3 is 20.3 Å². The third-order valence-corrected chi connectivity index (χ3v) is 1.57. The first-order chi connectivity index (χ1) is 6.93. The van der Waals surface area contributed by atoms with Crippen molar-refractivity contribution in [2.75, 3.05) is 13.2 Å². The highest BCUT2D eigenvalue weighted by Crippen LogP contribution is 1.90. The highest BCUT2D eigenvalue weighted by Gasteiger charge is 2.12. The van der Waals surface area contributed by atoms with Crippen LogP contribution in [-0.2, 0) is 14.3 Å². The molecule has 0 spiro atoms. The molecule has 88 valence electrons. The number of nitrogens with one attached hydrogen (secondary N) is 1. The Bertz CT molecular complexity index is 217. The fraction of sp³-hybridized carbons (Fsp3) is 0.778. The maximum absolute atomic E-state index is 11.0. The van der Waals surface area contributed by atoms with Crippen LogP contribution in [0.25, 0.3) is 0 Å². The fourth-order valence-corrected chi connectivity index (χ4v) is 0.765. The molecule has 15 heavy (non-hydrogen) atoms. The van der Waals surface area contributed by atoms with Crippen molar-refractivity contribution in [2.45, 2.75) is 32.5 Å². The van der Waals surface area contributed by atoms with Crippen LogP contribution in [0.5, 0.6) is 0 Å². The van der Waals surface area contributed by atoms with Crippen LogP contribution in [0.1, 0.15) is 20.3 Å². The average molecular weight is 219 g/mol. The van der Waals surface area contributed by atoms with E-state index in [0.29, 0.717) is 0 Å². The molecule has 0 aromatic rings. The summed E-state index contributed by atoms with van der Waals surface area (Å²) < 4.78 is 5.02. The van der Waals surface area contributed by atoms with Crippen molar-refractivity contribution < 1.29 is 24.5 Å². The zero-order valence-electron chi connectivity index (χ0n) is 8.90. The Morgan fingerprint density at radius 3 is 2.47 bits per heavy atom. The molecule has 0 saturated heterocycles. The molecule has 0 bridgehead atoms. The number of hydrogen-bond acceptors (Lipinski definition) is 4. The van der Waals surface area contributed by atoms with Crippen molar-refractivity contribution in [1.29, 1.82) is 0 Å². The van der Waals surface area contributed by atoms with E-state index in [-0.39, 0.29) is 31.6 Å². The fourth-order valence-electron chi connectivity index (χ4n) is 0.765. The van der Waals surface area contributed by atoms with Crippen molar-refractivity contribution >= 4 is 11.9 Å². The summed E-state index contributed by atoms with van der Waals surface area (Å²) in [6.45, 7) is 3.68. The van der Waals surface area contributed by atoms with E-state index < -0.39 is 12.1 Å². The summed E-state index contributed by atoms with van der Waals surface area (Å²) in [5.74, 6) is -1.61. The van der Waals surface area contributed by atoms with E-state index in [9.17, 15) is 9.59 Å². The van der Waals surface area contributed by atoms with E-state index in [4.69, 9.17) is 14.9 Å². The predicted molar refractivity (Wildman–Crippen MR) is 52.4 cm³/mol. The molecule has 0 heterocycles. The van der Waals surface area contributed by atoms with Gasteiger partial charge in [-0.3, -0.25) is 4.79 Å². The highest BCUT2D eigenvalue weighted by atomic mass is 16.5. The normalized spacial score (nSPS) is 12.5. The maximum Gasteiger partial charge on any atom is 0.332 e. The summed E-state index contributed by atoms with van der Waals surface area (Å²) in [4.78, 5) is 21.2. The van der Waals surface area contributed by atoms with Crippen molar-refractivity contribution in [2.24, 2.45) is 0 Å². The minimum absolute atomic E-state index is 0.0112. The molecule has 6 heteroatoms. The summed E-state index contributed by atoms with van der Waals surface area (Å²) >= 11 is 0. The number of aliphatic hydroxyl groups excluding tert-OH is 1. The van der Waals surface area contributed by atoms with Crippen molar-refractivity contribution in [3.63, 3.8) is 0 Å². The zero-order chi connectivity index (χ0) is 11.8. The molecule has 0 aliphatic heterocycles. The molecule has 0 aromatic carbocycles. The Balaban J connectivity index is 3.51. The molecule has 1 atom stereocenters. The maximum atomic E-state index is 11.0. The Hall–Kier alpha value is -1.14. The minimum atomic E-state index is -1.43. The number of amides is 1. The summed E-state index contributed by atoms with van der Waals surface area (Å²) in [5.41, 5.74) is 0. The molecule has 0 aliphatic rings. The van der Waals surface area contributed by atoms with Gasteiger partial charge in [0.25, 0.3) is 0 Å². The van der Waals surface area contributed by atoms with Crippen LogP contribution in [-0.4, -0.2) is 47.4 Å². The van der Waals surface area contributed by atoms with Gasteiger partial charge in [0.1, 0.15) is 6.61 Å². The smallest absolute Gasteiger partial charge is 0.332 e. The molecule has 0 unspecified atom stereocenters. The third-order valence-electron chi connectivity index (χ3n) is 1.57. The van der Waals surface area contributed by atoms with Gasteiger partial charge in [0, 0.05) is 13.0 Å². The lowest BCUT2D eigenvalue weighted by molar-refractivity contribution is -0.147. The highest BCUT2D eigenvalue weighted by molar-refractivity contribution is 5.77. The number of rotatable bonds is 7. The molecule has 0 radical (unpaired) electrons. The van der Waals surface area contributed by atoms with Crippen LogP contribution in [0.3, 0.4) is 0 Å². The van der Waals surface area contributed by atoms with Gasteiger partial charge in [-0.1, -0.05) is 0 Å². The largest absolute Gasteiger partial charge is 0.479 e. The van der Waals surface area contributed by atoms with E-state index in [2.05, 4.69) is 5.32 Å². The molecule has 6 nitrogen and oxygen atoms in total. The van der Waals surface area contributed by atoms with Gasteiger partial charge in [0.05, 0.1) is 6.10 Å². The van der Waals surface area contributed by atoms with Gasteiger partial charge >= 0.3 is 5.97 Å². The van der Waals surface area contributed by atoms with E-state index in [0.717, 1.165) is 0 Å². The molecular formula is C9H17NO5. The summed E-state index contributed by atoms with van der Waals surface area (Å²) in [6, 6.07) is 0. The predicted octanol–water partition coefficient (Wildman–Crippen LogP) is -0.637. The SMILES string of the molecule is CC(C)OCC(=O)NCC[C@H](O)C(=O)O. The second-order valence-corrected chi connectivity index (χ2v) is 3.35. The number of aliphatic carboxylic acids is 1. The second kappa shape index (κ2) is 7.19. The first-order valence-corrected chi connectivity index (χ1v) is 4.72. The van der Waals surface area contributed by atoms with E-state index in [1.165, 1.54) is 0 Å². The van der Waals surface area contributed by atoms with Crippen LogP contribution in [0, 0.1) is 0 Å². The molecule has 0 aliphatic carbocycles. The number of carbonyl (C=O) groups is 2. The monoisotopic (exact) mass is 219 g/mol. The van der Waals surface area contributed by atoms with Crippen LogP contribution in [0.2, 0.25) is 0 Å². The lowest BCUT2D eigenvalue weighted by Crippen LogP contribution is -2.32. The van der Waals surface area contributed by atoms with Gasteiger partial charge in [-0.05, 0) is 13.8 Å². The van der Waals surface area contributed by atoms with Crippen molar-refractivity contribution in [1.82, 2.24) is 5.32 Å². The van der Waals surface area contributed by atoms with Gasteiger partial charge in [-0.25, -0.2) is 4.79 Å². The number of aliphatic hydroxyl groups is 1. The van der Waals surface area contributed by atoms with Gasteiger partial charge in [-0.2, -0.15) is 0 Å². The lowest BCUT2D eigenvalue weighted by Gasteiger charge is -2.09. The molecule has 3 N–H and O–H groups in total. The lowest BCUT2D eigenvalue weighted by atomic mass is 10.2. The van der Waals surface area contributed by atoms with Crippen LogP contribution < -0.4 is 5.32 Å². The molecule has 0 fully saturated rings. The number of carbonyl (C=O) groups excluding carboxylic acids is 1. The summed E-state index contributed by atoms with van der Waals surface area (Å²) in [6.07, 6.45) is -1.47. The first-order valence-electron chi connectivity index (χ1n) is 4.72. The van der Waals surface area contributed by atoms with Crippen LogP contribution in [0.15, 0.2) is 0 Å². The number of ether oxygens (including phenoxy) is 1. The Kier molecular flexibility index (Phi) is 6.64. The minimum Gasteiger partial charge on any atom is -0.479 e. The van der Waals surface area contributed by atoms with Crippen LogP contribution >= 0.6 is 0 Å². The second-order valence-electron chi connectivity index (χ2n) is 3.35. The summed E-state index contributed by atoms with van der Waals surface area (Å²) in [7, 11) is 0. The van der Waals surface area contributed by atoms with Gasteiger partial charge in [0.2, 0.25) is 5.91 Å². The molecule has 1 amide bonds. The van der Waals surface area contributed by atoms with Gasteiger partial charge in [0.15, 0.2) is 6.10 Å². The van der Waals surface area contributed by atoms with E-state index in [1.54, 1.807) is 0 Å². The quantitative estimate of drug-likeness (QED) is 0.529. The molecular weight excluding hydrogens is 202 g/mol. The molecule has 0 rings (SSSR count). The Labute approximate surface area is 88.2 Å². The molecule has 0 aromatic heterocycles. The van der Waals surface area contributed by atoms with Crippen molar-refractivity contribution in [3.05, 3.63) is 0 Å². The summed E-state index contributed by atoms with van der Waals surface area (Å²) in [5, 5.41) is 19.6. The molecule has 0 saturated carbocycles. The zero-order valence-corrected chi connectivity index (χ0v) is 8.90. The Morgan fingerprint density at radius 2 is 2.00 bits per heavy atom.